The minimum Gasteiger partial charge on any atom is -0.309 e. The van der Waals surface area contributed by atoms with Gasteiger partial charge in [0.2, 0.25) is 0 Å². The number of hydrogen-bond acceptors (Lipinski definition) is 2. The molecule has 0 amide bonds. The number of fused-ring (bicyclic) bond motifs is 1. The second-order valence-corrected chi connectivity index (χ2v) is 3.54. The highest BCUT2D eigenvalue weighted by Gasteiger charge is 2.14. The highest BCUT2D eigenvalue weighted by atomic mass is 79.9. The second kappa shape index (κ2) is 3.77. The fraction of sp³-hybridized carbons (Fsp3) is 0.571. The molecule has 0 saturated heterocycles. The molecule has 0 spiro atoms. The van der Waals surface area contributed by atoms with Crippen molar-refractivity contribution in [3.8, 4) is 0 Å². The van der Waals surface area contributed by atoms with Crippen LogP contribution in [0.25, 0.3) is 0 Å². The van der Waals surface area contributed by atoms with E-state index in [9.17, 15) is 0 Å². The number of hydrogen-bond donors (Lipinski definition) is 1. The van der Waals surface area contributed by atoms with Gasteiger partial charge in [-0.25, -0.2) is 0 Å². The van der Waals surface area contributed by atoms with Crippen molar-refractivity contribution in [1.29, 1.82) is 0 Å². The Bertz CT molecular complexity index is 284. The Morgan fingerprint density at radius 1 is 1.58 bits per heavy atom. The van der Waals surface area contributed by atoms with Gasteiger partial charge in [0.15, 0.2) is 0 Å². The van der Waals surface area contributed by atoms with E-state index in [0.29, 0.717) is 0 Å². The monoisotopic (exact) mass is 251 g/mol. The van der Waals surface area contributed by atoms with Crippen LogP contribution < -0.4 is 5.32 Å². The van der Waals surface area contributed by atoms with Crippen molar-refractivity contribution >= 4 is 28.3 Å². The van der Waals surface area contributed by atoms with E-state index in [4.69, 9.17) is 0 Å². The summed E-state index contributed by atoms with van der Waals surface area (Å²) in [7, 11) is 0. The summed E-state index contributed by atoms with van der Waals surface area (Å²) in [5.41, 5.74) is 2.36. The van der Waals surface area contributed by atoms with Crippen molar-refractivity contribution in [3.05, 3.63) is 15.9 Å². The lowest BCUT2D eigenvalue weighted by molar-refractivity contribution is 0.473. The smallest absolute Gasteiger partial charge is 0.0739 e. The lowest BCUT2D eigenvalue weighted by atomic mass is 10.3. The maximum Gasteiger partial charge on any atom is 0.0739 e. The van der Waals surface area contributed by atoms with E-state index < -0.39 is 0 Å². The van der Waals surface area contributed by atoms with Crippen LogP contribution in [0.2, 0.25) is 0 Å². The minimum atomic E-state index is 0. The molecule has 1 aromatic heterocycles. The van der Waals surface area contributed by atoms with Crippen LogP contribution in [-0.2, 0) is 13.1 Å². The number of nitrogens with one attached hydrogen (secondary N) is 1. The van der Waals surface area contributed by atoms with Gasteiger partial charge < -0.3 is 5.32 Å². The molecule has 0 aromatic carbocycles. The molecule has 0 bridgehead atoms. The van der Waals surface area contributed by atoms with Crippen LogP contribution in [0.1, 0.15) is 11.4 Å². The van der Waals surface area contributed by atoms with E-state index in [-0.39, 0.29) is 12.4 Å². The van der Waals surface area contributed by atoms with Gasteiger partial charge in [-0.2, -0.15) is 5.10 Å². The molecule has 1 aliphatic rings. The van der Waals surface area contributed by atoms with E-state index in [2.05, 4.69) is 31.0 Å². The van der Waals surface area contributed by atoms with Crippen LogP contribution in [-0.4, -0.2) is 16.3 Å². The van der Waals surface area contributed by atoms with E-state index in [1.54, 1.807) is 0 Å². The Morgan fingerprint density at radius 3 is 3.00 bits per heavy atom. The molecule has 3 nitrogen and oxygen atoms in total. The summed E-state index contributed by atoms with van der Waals surface area (Å²) in [6, 6.07) is 0. The quantitative estimate of drug-likeness (QED) is 0.758. The van der Waals surface area contributed by atoms with Crippen molar-refractivity contribution < 1.29 is 0 Å². The Labute approximate surface area is 86.1 Å². The minimum absolute atomic E-state index is 0. The maximum absolute atomic E-state index is 4.38. The Kier molecular flexibility index (Phi) is 3.15. The molecule has 0 fully saturated rings. The number of nitrogens with zero attached hydrogens (tertiary/aromatic N) is 2. The lowest BCUT2D eigenvalue weighted by Crippen LogP contribution is -2.28. The van der Waals surface area contributed by atoms with E-state index in [1.165, 1.54) is 5.69 Å². The largest absolute Gasteiger partial charge is 0.309 e. The fourth-order valence-electron chi connectivity index (χ4n) is 1.35. The highest BCUT2D eigenvalue weighted by Crippen LogP contribution is 2.21. The van der Waals surface area contributed by atoms with Gasteiger partial charge in [-0.1, -0.05) is 0 Å². The normalized spacial score (nSPS) is 15.2. The molecule has 0 saturated carbocycles. The van der Waals surface area contributed by atoms with Crippen molar-refractivity contribution in [1.82, 2.24) is 15.1 Å². The van der Waals surface area contributed by atoms with Crippen LogP contribution >= 0.6 is 28.3 Å². The molecule has 2 heterocycles. The second-order valence-electron chi connectivity index (χ2n) is 2.75. The molecule has 68 valence electrons. The summed E-state index contributed by atoms with van der Waals surface area (Å²) in [5.74, 6) is 0. The number of aryl methyl sites for hydroxylation is 1. The van der Waals surface area contributed by atoms with Gasteiger partial charge >= 0.3 is 0 Å². The highest BCUT2D eigenvalue weighted by molar-refractivity contribution is 9.10. The van der Waals surface area contributed by atoms with Crippen molar-refractivity contribution in [3.63, 3.8) is 0 Å². The first-order chi connectivity index (χ1) is 5.29. The molecule has 1 aliphatic heterocycles. The van der Waals surface area contributed by atoms with Crippen LogP contribution in [0, 0.1) is 6.92 Å². The zero-order valence-corrected chi connectivity index (χ0v) is 9.20. The lowest BCUT2D eigenvalue weighted by Gasteiger charge is -2.14. The van der Waals surface area contributed by atoms with Gasteiger partial charge in [-0.05, 0) is 22.9 Å². The topological polar surface area (TPSA) is 29.9 Å². The molecular formula is C7H11BrClN3. The molecule has 1 N–H and O–H groups in total. The number of aromatic nitrogens is 2. The molecule has 0 radical (unpaired) electrons. The van der Waals surface area contributed by atoms with Crippen molar-refractivity contribution in [2.24, 2.45) is 0 Å². The zero-order chi connectivity index (χ0) is 7.84. The van der Waals surface area contributed by atoms with Crippen LogP contribution in [0.15, 0.2) is 4.47 Å². The van der Waals surface area contributed by atoms with E-state index in [0.717, 1.165) is 29.8 Å². The first kappa shape index (κ1) is 10.0. The van der Waals surface area contributed by atoms with Gasteiger partial charge in [0.25, 0.3) is 0 Å². The van der Waals surface area contributed by atoms with E-state index in [1.807, 2.05) is 6.92 Å². The summed E-state index contributed by atoms with van der Waals surface area (Å²) in [6.07, 6.45) is 0. The van der Waals surface area contributed by atoms with Crippen LogP contribution in [0.3, 0.4) is 0 Å². The van der Waals surface area contributed by atoms with Crippen LogP contribution in [0.4, 0.5) is 0 Å². The Balaban J connectivity index is 0.000000720. The Morgan fingerprint density at radius 2 is 2.33 bits per heavy atom. The number of rotatable bonds is 0. The molecule has 2 rings (SSSR count). The molecule has 5 heteroatoms. The van der Waals surface area contributed by atoms with Gasteiger partial charge in [-0.15, -0.1) is 12.4 Å². The average Bonchev–Trinajstić information content (AvgIpc) is 2.30. The molecule has 0 unspecified atom stereocenters. The van der Waals surface area contributed by atoms with Gasteiger partial charge in [-0.3, -0.25) is 4.68 Å². The maximum atomic E-state index is 4.38. The summed E-state index contributed by atoms with van der Waals surface area (Å²) < 4.78 is 3.22. The number of halogens is 2. The summed E-state index contributed by atoms with van der Waals surface area (Å²) in [4.78, 5) is 0. The predicted molar refractivity (Wildman–Crippen MR) is 53.6 cm³/mol. The first-order valence-corrected chi connectivity index (χ1v) is 4.51. The van der Waals surface area contributed by atoms with Crippen LogP contribution in [0.5, 0.6) is 0 Å². The molecule has 0 aliphatic carbocycles. The molecule has 12 heavy (non-hydrogen) atoms. The third-order valence-corrected chi connectivity index (χ3v) is 2.98. The summed E-state index contributed by atoms with van der Waals surface area (Å²) >= 11 is 3.51. The average molecular weight is 253 g/mol. The van der Waals surface area contributed by atoms with E-state index >= 15 is 0 Å². The Hall–Kier alpha value is -0.0600. The first-order valence-electron chi connectivity index (χ1n) is 3.71. The van der Waals surface area contributed by atoms with Gasteiger partial charge in [0.05, 0.1) is 22.4 Å². The predicted octanol–water partition coefficient (Wildman–Crippen LogP) is 1.48. The molecule has 1 aromatic rings. The summed E-state index contributed by atoms with van der Waals surface area (Å²) in [5, 5.41) is 7.68. The third-order valence-electron chi connectivity index (χ3n) is 1.95. The SMILES string of the molecule is Cc1nn2c(c1Br)CNCC2.Cl. The standard InChI is InChI=1S/C7H10BrN3.ClH/c1-5-7(8)6-4-9-2-3-11(6)10-5;/h9H,2-4H2,1H3;1H. The third kappa shape index (κ3) is 1.51. The van der Waals surface area contributed by atoms with Gasteiger partial charge in [0.1, 0.15) is 0 Å². The zero-order valence-electron chi connectivity index (χ0n) is 6.80. The summed E-state index contributed by atoms with van der Waals surface area (Å²) in [6.45, 7) is 4.97. The molecule has 0 atom stereocenters. The molecular weight excluding hydrogens is 241 g/mol. The fourth-order valence-corrected chi connectivity index (χ4v) is 1.78. The van der Waals surface area contributed by atoms with Crippen molar-refractivity contribution in [2.75, 3.05) is 6.54 Å². The van der Waals surface area contributed by atoms with Crippen molar-refractivity contribution in [2.45, 2.75) is 20.0 Å². The van der Waals surface area contributed by atoms with Gasteiger partial charge in [0, 0.05) is 13.1 Å².